The van der Waals surface area contributed by atoms with Crippen molar-refractivity contribution in [1.82, 2.24) is 4.57 Å². The highest BCUT2D eigenvalue weighted by Crippen LogP contribution is 2.38. The quantitative estimate of drug-likeness (QED) is 0.228. The summed E-state index contributed by atoms with van der Waals surface area (Å²) in [7, 11) is -5.44. The van der Waals surface area contributed by atoms with Crippen molar-refractivity contribution in [2.75, 3.05) is 31.7 Å². The first kappa shape index (κ1) is 24.6. The van der Waals surface area contributed by atoms with Crippen LogP contribution in [0.1, 0.15) is 12.8 Å². The fourth-order valence-corrected chi connectivity index (χ4v) is 5.25. The zero-order chi connectivity index (χ0) is 23.5. The molecule has 1 fully saturated rings. The molecule has 0 bridgehead atoms. The maximum atomic E-state index is 12.2. The van der Waals surface area contributed by atoms with Crippen LogP contribution in [-0.2, 0) is 26.2 Å². The molecule has 0 aliphatic carbocycles. The van der Waals surface area contributed by atoms with Crippen molar-refractivity contribution in [1.29, 1.82) is 0 Å². The molecule has 0 atom stereocenters. The summed E-state index contributed by atoms with van der Waals surface area (Å²) in [6.45, 7) is 9.33. The second-order valence-corrected chi connectivity index (χ2v) is 16.6. The van der Waals surface area contributed by atoms with E-state index in [9.17, 15) is 18.5 Å². The fourth-order valence-electron chi connectivity index (χ4n) is 3.74. The summed E-state index contributed by atoms with van der Waals surface area (Å²) in [4.78, 5) is 11.0. The van der Waals surface area contributed by atoms with Crippen molar-refractivity contribution in [2.45, 2.75) is 50.2 Å². The summed E-state index contributed by atoms with van der Waals surface area (Å²) in [5, 5.41) is 20.8. The van der Waals surface area contributed by atoms with Crippen LogP contribution in [0, 0.1) is 16.0 Å². The Hall–Kier alpha value is -1.99. The average molecular weight is 485 g/mol. The standard InChI is InChI=1S/C20H32N4O6SSi/c1-32(2,3)11-10-30-14-23-7-4-16-18(31(21,27)28)12-17(24(25)26)19(20(16)23)22-13-15-5-8-29-9-6-15/h4,7,12,15,22H,5-6,8-11,13-14H2,1-3H3,(H2,21,27,28). The van der Waals surface area contributed by atoms with Crippen LogP contribution in [0.15, 0.2) is 23.2 Å². The van der Waals surface area contributed by atoms with Gasteiger partial charge in [0.15, 0.2) is 0 Å². The van der Waals surface area contributed by atoms with Crippen LogP contribution in [0.3, 0.4) is 0 Å². The van der Waals surface area contributed by atoms with Gasteiger partial charge in [-0.3, -0.25) is 10.1 Å². The molecular weight excluding hydrogens is 452 g/mol. The molecule has 0 radical (unpaired) electrons. The average Bonchev–Trinajstić information content (AvgIpc) is 3.12. The van der Waals surface area contributed by atoms with Gasteiger partial charge in [0.1, 0.15) is 12.4 Å². The number of hydrogen-bond acceptors (Lipinski definition) is 7. The Bertz CT molecular complexity index is 1070. The number of ether oxygens (including phenoxy) is 2. The lowest BCUT2D eigenvalue weighted by Crippen LogP contribution is -2.23. The number of nitrogens with one attached hydrogen (secondary N) is 1. The number of hydrogen-bond donors (Lipinski definition) is 2. The molecule has 0 unspecified atom stereocenters. The van der Waals surface area contributed by atoms with Crippen LogP contribution in [-0.4, -0.2) is 52.3 Å². The predicted molar refractivity (Wildman–Crippen MR) is 126 cm³/mol. The number of primary sulfonamides is 1. The van der Waals surface area contributed by atoms with E-state index >= 15 is 0 Å². The molecule has 1 aliphatic rings. The minimum absolute atomic E-state index is 0.158. The van der Waals surface area contributed by atoms with Crippen molar-refractivity contribution >= 4 is 40.4 Å². The van der Waals surface area contributed by atoms with Gasteiger partial charge in [0.05, 0.1) is 15.3 Å². The number of nitrogens with two attached hydrogens (primary N) is 1. The molecular formula is C20H32N4O6SSi. The Morgan fingerprint density at radius 2 is 2.03 bits per heavy atom. The third kappa shape index (κ3) is 6.07. The van der Waals surface area contributed by atoms with E-state index in [0.717, 1.165) is 25.0 Å². The second kappa shape index (κ2) is 9.87. The van der Waals surface area contributed by atoms with Crippen molar-refractivity contribution < 1.29 is 22.8 Å². The summed E-state index contributed by atoms with van der Waals surface area (Å²) < 4.78 is 37.3. The van der Waals surface area contributed by atoms with Crippen molar-refractivity contribution in [2.24, 2.45) is 11.1 Å². The molecule has 32 heavy (non-hydrogen) atoms. The van der Waals surface area contributed by atoms with Gasteiger partial charge >= 0.3 is 0 Å². The number of fused-ring (bicyclic) bond motifs is 1. The molecule has 0 amide bonds. The van der Waals surface area contributed by atoms with Gasteiger partial charge < -0.3 is 19.4 Å². The second-order valence-electron chi connectivity index (χ2n) is 9.40. The maximum Gasteiger partial charge on any atom is 0.295 e. The fraction of sp³-hybridized carbons (Fsp3) is 0.600. The van der Waals surface area contributed by atoms with E-state index in [4.69, 9.17) is 14.6 Å². The third-order valence-electron chi connectivity index (χ3n) is 5.63. The summed E-state index contributed by atoms with van der Waals surface area (Å²) in [5.41, 5.74) is 0.363. The maximum absolute atomic E-state index is 12.2. The van der Waals surface area contributed by atoms with Crippen LogP contribution in [0.4, 0.5) is 11.4 Å². The number of nitrogens with zero attached hydrogens (tertiary/aromatic N) is 2. The monoisotopic (exact) mass is 484 g/mol. The van der Waals surface area contributed by atoms with Gasteiger partial charge in [-0.05, 0) is 30.9 Å². The smallest absolute Gasteiger partial charge is 0.295 e. The molecule has 1 saturated heterocycles. The first-order valence-corrected chi connectivity index (χ1v) is 15.9. The number of sulfonamides is 1. The number of nitro groups is 1. The van der Waals surface area contributed by atoms with Crippen LogP contribution in [0.5, 0.6) is 0 Å². The van der Waals surface area contributed by atoms with Crippen molar-refractivity contribution in [3.8, 4) is 0 Å². The molecule has 10 nitrogen and oxygen atoms in total. The van der Waals surface area contributed by atoms with E-state index in [-0.39, 0.29) is 23.0 Å². The van der Waals surface area contributed by atoms with Crippen LogP contribution in [0.25, 0.3) is 10.9 Å². The predicted octanol–water partition coefficient (Wildman–Crippen LogP) is 3.35. The Kier molecular flexibility index (Phi) is 7.60. The summed E-state index contributed by atoms with van der Waals surface area (Å²) >= 11 is 0. The van der Waals surface area contributed by atoms with E-state index < -0.39 is 23.0 Å². The van der Waals surface area contributed by atoms with Gasteiger partial charge in [-0.2, -0.15) is 0 Å². The first-order valence-electron chi connectivity index (χ1n) is 10.7. The van der Waals surface area contributed by atoms with Crippen LogP contribution >= 0.6 is 0 Å². The van der Waals surface area contributed by atoms with Gasteiger partial charge in [-0.25, -0.2) is 13.6 Å². The van der Waals surface area contributed by atoms with Crippen molar-refractivity contribution in [3.63, 3.8) is 0 Å². The lowest BCUT2D eigenvalue weighted by atomic mass is 10.0. The zero-order valence-electron chi connectivity index (χ0n) is 18.8. The lowest BCUT2D eigenvalue weighted by Gasteiger charge is -2.23. The molecule has 178 valence electrons. The van der Waals surface area contributed by atoms with Gasteiger partial charge in [0, 0.05) is 52.1 Å². The topological polar surface area (TPSA) is 139 Å². The molecule has 0 saturated carbocycles. The van der Waals surface area contributed by atoms with Gasteiger partial charge in [-0.15, -0.1) is 0 Å². The highest BCUT2D eigenvalue weighted by Gasteiger charge is 2.28. The molecule has 1 aromatic heterocycles. The number of benzene rings is 1. The van der Waals surface area contributed by atoms with E-state index in [1.165, 1.54) is 0 Å². The Labute approximate surface area is 189 Å². The highest BCUT2D eigenvalue weighted by molar-refractivity contribution is 7.89. The number of anilines is 1. The van der Waals surface area contributed by atoms with E-state index in [1.54, 1.807) is 16.8 Å². The molecule has 12 heteroatoms. The normalized spacial score (nSPS) is 15.9. The van der Waals surface area contributed by atoms with Crippen molar-refractivity contribution in [3.05, 3.63) is 28.4 Å². The van der Waals surface area contributed by atoms with Gasteiger partial charge in [-0.1, -0.05) is 19.6 Å². The van der Waals surface area contributed by atoms with E-state index in [0.29, 0.717) is 43.2 Å². The molecule has 3 rings (SSSR count). The first-order chi connectivity index (χ1) is 15.0. The van der Waals surface area contributed by atoms with E-state index in [1.807, 2.05) is 0 Å². The zero-order valence-corrected chi connectivity index (χ0v) is 20.6. The van der Waals surface area contributed by atoms with Gasteiger partial charge in [0.25, 0.3) is 5.69 Å². The van der Waals surface area contributed by atoms with Crippen LogP contribution < -0.4 is 10.5 Å². The molecule has 3 N–H and O–H groups in total. The minimum Gasteiger partial charge on any atom is -0.381 e. The summed E-state index contributed by atoms with van der Waals surface area (Å²) in [6.07, 6.45) is 3.40. The highest BCUT2D eigenvalue weighted by atomic mass is 32.2. The summed E-state index contributed by atoms with van der Waals surface area (Å²) in [6, 6.07) is 3.63. The summed E-state index contributed by atoms with van der Waals surface area (Å²) in [5.74, 6) is 0.313. The van der Waals surface area contributed by atoms with E-state index in [2.05, 4.69) is 25.0 Å². The molecule has 2 aromatic rings. The van der Waals surface area contributed by atoms with Crippen LogP contribution in [0.2, 0.25) is 25.7 Å². The molecule has 1 aromatic carbocycles. The Morgan fingerprint density at radius 1 is 1.34 bits per heavy atom. The number of aromatic nitrogens is 1. The minimum atomic E-state index is -4.17. The molecule has 0 spiro atoms. The number of rotatable bonds is 10. The Morgan fingerprint density at radius 3 is 2.62 bits per heavy atom. The molecule has 1 aliphatic heterocycles. The SMILES string of the molecule is C[Si](C)(C)CCOCn1ccc2c(S(N)(=O)=O)cc([N+](=O)[O-])c(NCC3CCOCC3)c21. The number of nitro benzene ring substituents is 1. The molecule has 2 heterocycles. The lowest BCUT2D eigenvalue weighted by molar-refractivity contribution is -0.384. The Balaban J connectivity index is 2.01. The third-order valence-corrected chi connectivity index (χ3v) is 8.28. The van der Waals surface area contributed by atoms with Gasteiger partial charge in [0.2, 0.25) is 10.0 Å². The largest absolute Gasteiger partial charge is 0.381 e.